The first-order chi connectivity index (χ1) is 10.6. The van der Waals surface area contributed by atoms with Gasteiger partial charge in [-0.1, -0.05) is 23.1 Å². The number of esters is 1. The van der Waals surface area contributed by atoms with Crippen molar-refractivity contribution in [1.29, 1.82) is 0 Å². The van der Waals surface area contributed by atoms with E-state index in [9.17, 15) is 9.59 Å². The minimum absolute atomic E-state index is 0.150. The number of rotatable bonds is 6. The van der Waals surface area contributed by atoms with Crippen molar-refractivity contribution in [3.05, 3.63) is 29.8 Å². The van der Waals surface area contributed by atoms with Crippen LogP contribution in [0.1, 0.15) is 10.4 Å². The Morgan fingerprint density at radius 3 is 2.59 bits per heavy atom. The van der Waals surface area contributed by atoms with E-state index in [1.165, 1.54) is 30.2 Å². The molecule has 1 amide bonds. The molecule has 0 aliphatic heterocycles. The van der Waals surface area contributed by atoms with Gasteiger partial charge in [-0.15, -0.1) is 10.2 Å². The molecule has 1 aromatic heterocycles. The number of aromatic nitrogens is 2. The van der Waals surface area contributed by atoms with E-state index in [0.29, 0.717) is 20.8 Å². The summed E-state index contributed by atoms with van der Waals surface area (Å²) < 4.78 is 10.1. The molecule has 0 spiro atoms. The lowest BCUT2D eigenvalue weighted by Gasteiger charge is -2.02. The summed E-state index contributed by atoms with van der Waals surface area (Å²) in [6.45, 7) is 0. The predicted octanol–water partition coefficient (Wildman–Crippen LogP) is 2.06. The summed E-state index contributed by atoms with van der Waals surface area (Å²) in [4.78, 5) is 23.1. The number of methoxy groups -OCH3 is 2. The van der Waals surface area contributed by atoms with Crippen molar-refractivity contribution < 1.29 is 19.1 Å². The van der Waals surface area contributed by atoms with Crippen LogP contribution in [-0.4, -0.2) is 42.0 Å². The average Bonchev–Trinajstić information content (AvgIpc) is 3.00. The van der Waals surface area contributed by atoms with Gasteiger partial charge in [-0.3, -0.25) is 14.9 Å². The number of carbonyl (C=O) groups excluding carboxylic acids is 2. The normalized spacial score (nSPS) is 10.1. The van der Waals surface area contributed by atoms with Crippen LogP contribution in [0, 0.1) is 0 Å². The highest BCUT2D eigenvalue weighted by atomic mass is 32.2. The van der Waals surface area contributed by atoms with Crippen LogP contribution >= 0.6 is 23.1 Å². The van der Waals surface area contributed by atoms with Gasteiger partial charge in [0.1, 0.15) is 5.75 Å². The van der Waals surface area contributed by atoms with Crippen LogP contribution in [0.3, 0.4) is 0 Å². The summed E-state index contributed by atoms with van der Waals surface area (Å²) in [5.41, 5.74) is 0.486. The lowest BCUT2D eigenvalue weighted by molar-refractivity contribution is -0.137. The number of nitrogens with one attached hydrogen (secondary N) is 1. The Morgan fingerprint density at radius 1 is 1.23 bits per heavy atom. The molecule has 2 rings (SSSR count). The van der Waals surface area contributed by atoms with Crippen LogP contribution in [0.4, 0.5) is 5.13 Å². The number of benzene rings is 1. The smallest absolute Gasteiger partial charge is 0.316 e. The summed E-state index contributed by atoms with van der Waals surface area (Å²) in [7, 11) is 2.88. The van der Waals surface area contributed by atoms with Gasteiger partial charge in [-0.25, -0.2) is 0 Å². The Morgan fingerprint density at radius 2 is 1.95 bits per heavy atom. The molecule has 116 valence electrons. The van der Waals surface area contributed by atoms with Gasteiger partial charge in [0.25, 0.3) is 5.91 Å². The molecule has 0 unspecified atom stereocenters. The zero-order valence-electron chi connectivity index (χ0n) is 11.9. The molecule has 7 nitrogen and oxygen atoms in total. The summed E-state index contributed by atoms with van der Waals surface area (Å²) in [6, 6.07) is 6.71. The number of nitrogens with zero attached hydrogens (tertiary/aromatic N) is 2. The van der Waals surface area contributed by atoms with Gasteiger partial charge >= 0.3 is 5.97 Å². The van der Waals surface area contributed by atoms with E-state index in [2.05, 4.69) is 20.3 Å². The second-order valence-corrected chi connectivity index (χ2v) is 6.12. The quantitative estimate of drug-likeness (QED) is 0.489. The van der Waals surface area contributed by atoms with Crippen molar-refractivity contribution >= 4 is 40.1 Å². The lowest BCUT2D eigenvalue weighted by atomic mass is 10.2. The Kier molecular flexibility index (Phi) is 5.73. The van der Waals surface area contributed by atoms with Crippen LogP contribution in [0.5, 0.6) is 5.75 Å². The first-order valence-corrected chi connectivity index (χ1v) is 7.91. The standard InChI is InChI=1S/C13H13N3O4S2/c1-19-9-5-3-8(4-6-9)11(18)14-12-15-16-13(22-12)21-7-10(17)20-2/h3-6H,7H2,1-2H3,(H,14,15,18). The van der Waals surface area contributed by atoms with Gasteiger partial charge in [-0.05, 0) is 24.3 Å². The maximum atomic E-state index is 12.0. The molecule has 0 radical (unpaired) electrons. The van der Waals surface area contributed by atoms with Gasteiger partial charge in [-0.2, -0.15) is 0 Å². The second-order valence-electron chi connectivity index (χ2n) is 3.92. The molecule has 0 fully saturated rings. The lowest BCUT2D eigenvalue weighted by Crippen LogP contribution is -2.11. The van der Waals surface area contributed by atoms with E-state index in [1.807, 2.05) is 0 Å². The molecule has 9 heteroatoms. The molecule has 0 aliphatic rings. The average molecular weight is 339 g/mol. The molecule has 1 heterocycles. The highest BCUT2D eigenvalue weighted by Gasteiger charge is 2.12. The Hall–Kier alpha value is -2.13. The summed E-state index contributed by atoms with van der Waals surface area (Å²) in [5, 5.41) is 10.8. The fourth-order valence-corrected chi connectivity index (χ4v) is 2.99. The van der Waals surface area contributed by atoms with Crippen molar-refractivity contribution in [3.63, 3.8) is 0 Å². The number of carbonyl (C=O) groups is 2. The van der Waals surface area contributed by atoms with Gasteiger partial charge in [0, 0.05) is 5.56 Å². The first kappa shape index (κ1) is 16.2. The SMILES string of the molecule is COC(=O)CSc1nnc(NC(=O)c2ccc(OC)cc2)s1. The van der Waals surface area contributed by atoms with E-state index in [1.54, 1.807) is 31.4 Å². The number of hydrogen-bond donors (Lipinski definition) is 1. The number of thioether (sulfide) groups is 1. The molecule has 0 aliphatic carbocycles. The minimum atomic E-state index is -0.344. The van der Waals surface area contributed by atoms with E-state index >= 15 is 0 Å². The fourth-order valence-electron chi connectivity index (χ4n) is 1.41. The number of amides is 1. The topological polar surface area (TPSA) is 90.4 Å². The molecule has 0 atom stereocenters. The number of anilines is 1. The Balaban J connectivity index is 1.93. The monoisotopic (exact) mass is 339 g/mol. The maximum Gasteiger partial charge on any atom is 0.316 e. The van der Waals surface area contributed by atoms with Crippen LogP contribution in [0.25, 0.3) is 0 Å². The van der Waals surface area contributed by atoms with Gasteiger partial charge in [0.2, 0.25) is 5.13 Å². The molecular formula is C13H13N3O4S2. The molecule has 0 bridgehead atoms. The molecule has 0 saturated heterocycles. The van der Waals surface area contributed by atoms with Gasteiger partial charge < -0.3 is 9.47 Å². The van der Waals surface area contributed by atoms with Gasteiger partial charge in [0.15, 0.2) is 4.34 Å². The minimum Gasteiger partial charge on any atom is -0.497 e. The third-order valence-corrected chi connectivity index (χ3v) is 4.47. The fraction of sp³-hybridized carbons (Fsp3) is 0.231. The molecule has 0 saturated carbocycles. The third-order valence-electron chi connectivity index (χ3n) is 2.52. The largest absolute Gasteiger partial charge is 0.497 e. The maximum absolute atomic E-state index is 12.0. The van der Waals surface area contributed by atoms with Crippen LogP contribution in [0.15, 0.2) is 28.6 Å². The summed E-state index contributed by atoms with van der Waals surface area (Å²) in [6.07, 6.45) is 0. The van der Waals surface area contributed by atoms with E-state index in [0.717, 1.165) is 0 Å². The number of hydrogen-bond acceptors (Lipinski definition) is 8. The zero-order chi connectivity index (χ0) is 15.9. The predicted molar refractivity (Wildman–Crippen MR) is 83.6 cm³/mol. The van der Waals surface area contributed by atoms with Crippen molar-refractivity contribution in [2.24, 2.45) is 0 Å². The van der Waals surface area contributed by atoms with E-state index in [4.69, 9.17) is 4.74 Å². The molecule has 1 aromatic carbocycles. The number of ether oxygens (including phenoxy) is 2. The van der Waals surface area contributed by atoms with E-state index in [-0.39, 0.29) is 17.6 Å². The highest BCUT2D eigenvalue weighted by molar-refractivity contribution is 8.01. The molecule has 22 heavy (non-hydrogen) atoms. The summed E-state index contributed by atoms with van der Waals surface area (Å²) >= 11 is 2.40. The summed E-state index contributed by atoms with van der Waals surface area (Å²) in [5.74, 6) is 0.193. The molecule has 1 N–H and O–H groups in total. The van der Waals surface area contributed by atoms with Crippen molar-refractivity contribution in [2.75, 3.05) is 25.3 Å². The molecule has 2 aromatic rings. The van der Waals surface area contributed by atoms with Crippen molar-refractivity contribution in [3.8, 4) is 5.75 Å². The van der Waals surface area contributed by atoms with Crippen molar-refractivity contribution in [1.82, 2.24) is 10.2 Å². The second kappa shape index (κ2) is 7.76. The highest BCUT2D eigenvalue weighted by Crippen LogP contribution is 2.25. The van der Waals surface area contributed by atoms with Crippen molar-refractivity contribution in [2.45, 2.75) is 4.34 Å². The Labute approximate surface area is 135 Å². The van der Waals surface area contributed by atoms with Crippen LogP contribution < -0.4 is 10.1 Å². The van der Waals surface area contributed by atoms with Gasteiger partial charge in [0.05, 0.1) is 20.0 Å². The van der Waals surface area contributed by atoms with Crippen LogP contribution in [-0.2, 0) is 9.53 Å². The first-order valence-electron chi connectivity index (χ1n) is 6.11. The third kappa shape index (κ3) is 4.43. The van der Waals surface area contributed by atoms with Crippen LogP contribution in [0.2, 0.25) is 0 Å². The Bertz CT molecular complexity index is 658. The zero-order valence-corrected chi connectivity index (χ0v) is 13.5. The molecular weight excluding hydrogens is 326 g/mol. The van der Waals surface area contributed by atoms with E-state index < -0.39 is 0 Å².